The molecular formula is C13H16ClNO5. The zero-order valence-electron chi connectivity index (χ0n) is 11.2. The normalized spacial score (nSPS) is 11.6. The molecule has 0 radical (unpaired) electrons. The van der Waals surface area contributed by atoms with Gasteiger partial charge in [-0.05, 0) is 30.7 Å². The van der Waals surface area contributed by atoms with E-state index in [2.05, 4.69) is 10.1 Å². The molecule has 110 valence electrons. The van der Waals surface area contributed by atoms with Gasteiger partial charge < -0.3 is 19.9 Å². The lowest BCUT2D eigenvalue weighted by molar-refractivity contribution is -0.146. The van der Waals surface area contributed by atoms with Crippen LogP contribution in [0.3, 0.4) is 0 Å². The van der Waals surface area contributed by atoms with Gasteiger partial charge in [0.1, 0.15) is 5.75 Å². The Balaban J connectivity index is 2.52. The van der Waals surface area contributed by atoms with Gasteiger partial charge >= 0.3 is 5.97 Å². The van der Waals surface area contributed by atoms with E-state index < -0.39 is 24.5 Å². The molecule has 7 heteroatoms. The molecule has 0 aliphatic rings. The van der Waals surface area contributed by atoms with E-state index in [1.807, 2.05) is 0 Å². The van der Waals surface area contributed by atoms with Crippen molar-refractivity contribution < 1.29 is 24.2 Å². The van der Waals surface area contributed by atoms with Crippen molar-refractivity contribution in [3.8, 4) is 5.75 Å². The van der Waals surface area contributed by atoms with Crippen molar-refractivity contribution in [1.82, 2.24) is 5.32 Å². The first-order valence-electron chi connectivity index (χ1n) is 5.85. The number of hydrogen-bond acceptors (Lipinski definition) is 5. The van der Waals surface area contributed by atoms with E-state index in [-0.39, 0.29) is 6.61 Å². The maximum atomic E-state index is 11.6. The molecule has 0 aromatic heterocycles. The van der Waals surface area contributed by atoms with E-state index >= 15 is 0 Å². The lowest BCUT2D eigenvalue weighted by Gasteiger charge is -2.14. The minimum atomic E-state index is -1.09. The van der Waals surface area contributed by atoms with Crippen LogP contribution in [-0.2, 0) is 14.3 Å². The van der Waals surface area contributed by atoms with Crippen LogP contribution in [-0.4, -0.2) is 43.3 Å². The number of halogens is 1. The third-order valence-electron chi connectivity index (χ3n) is 2.50. The standard InChI is InChI=1S/C13H16ClNO5/c1-8-5-9(14)3-4-11(8)20-7-12(17)15-10(6-16)13(18)19-2/h3-5,10,16H,6-7H2,1-2H3,(H,15,17)/t10-/m1/s1. The molecular weight excluding hydrogens is 286 g/mol. The van der Waals surface area contributed by atoms with Crippen LogP contribution < -0.4 is 10.1 Å². The number of ether oxygens (including phenoxy) is 2. The van der Waals surface area contributed by atoms with Gasteiger partial charge in [-0.1, -0.05) is 11.6 Å². The van der Waals surface area contributed by atoms with E-state index in [0.29, 0.717) is 10.8 Å². The molecule has 6 nitrogen and oxygen atoms in total. The number of amides is 1. The van der Waals surface area contributed by atoms with Crippen molar-refractivity contribution in [3.05, 3.63) is 28.8 Å². The molecule has 1 rings (SSSR count). The number of carbonyl (C=O) groups excluding carboxylic acids is 2. The molecule has 0 saturated carbocycles. The van der Waals surface area contributed by atoms with E-state index in [1.165, 1.54) is 7.11 Å². The molecule has 2 N–H and O–H groups in total. The summed E-state index contributed by atoms with van der Waals surface area (Å²) in [7, 11) is 1.17. The summed E-state index contributed by atoms with van der Waals surface area (Å²) in [6.07, 6.45) is 0. The highest BCUT2D eigenvalue weighted by atomic mass is 35.5. The van der Waals surface area contributed by atoms with Gasteiger partial charge in [-0.15, -0.1) is 0 Å². The fourth-order valence-electron chi connectivity index (χ4n) is 1.48. The molecule has 0 aliphatic heterocycles. The quantitative estimate of drug-likeness (QED) is 0.755. The highest BCUT2D eigenvalue weighted by Gasteiger charge is 2.20. The first-order valence-corrected chi connectivity index (χ1v) is 6.22. The average Bonchev–Trinajstić information content (AvgIpc) is 2.43. The number of hydrogen-bond donors (Lipinski definition) is 2. The highest BCUT2D eigenvalue weighted by Crippen LogP contribution is 2.21. The SMILES string of the molecule is COC(=O)[C@@H](CO)NC(=O)COc1ccc(Cl)cc1C. The molecule has 0 heterocycles. The molecule has 0 bridgehead atoms. The Bertz CT molecular complexity index is 492. The van der Waals surface area contributed by atoms with Crippen LogP contribution >= 0.6 is 11.6 Å². The number of methoxy groups -OCH3 is 1. The Hall–Kier alpha value is -1.79. The zero-order chi connectivity index (χ0) is 15.1. The summed E-state index contributed by atoms with van der Waals surface area (Å²) in [5, 5.41) is 11.8. The maximum Gasteiger partial charge on any atom is 0.330 e. The second-order valence-corrected chi connectivity index (χ2v) is 4.46. The van der Waals surface area contributed by atoms with Crippen molar-refractivity contribution in [2.24, 2.45) is 0 Å². The van der Waals surface area contributed by atoms with E-state index in [1.54, 1.807) is 25.1 Å². The summed E-state index contributed by atoms with van der Waals surface area (Å²) in [6, 6.07) is 3.91. The predicted octanol–water partition coefficient (Wildman–Crippen LogP) is 0.677. The molecule has 1 aromatic carbocycles. The van der Waals surface area contributed by atoms with Crippen LogP contribution in [0.25, 0.3) is 0 Å². The van der Waals surface area contributed by atoms with E-state index in [4.69, 9.17) is 21.4 Å². The Morgan fingerprint density at radius 3 is 2.70 bits per heavy atom. The van der Waals surface area contributed by atoms with Crippen molar-refractivity contribution >= 4 is 23.5 Å². The smallest absolute Gasteiger partial charge is 0.330 e. The first kappa shape index (κ1) is 16.3. The topological polar surface area (TPSA) is 84.9 Å². The Morgan fingerprint density at radius 2 is 2.15 bits per heavy atom. The Labute approximate surface area is 121 Å². The summed E-state index contributed by atoms with van der Waals surface area (Å²) in [5.41, 5.74) is 0.789. The number of benzene rings is 1. The number of aliphatic hydroxyl groups excluding tert-OH is 1. The molecule has 1 aromatic rings. The van der Waals surface area contributed by atoms with E-state index in [9.17, 15) is 9.59 Å². The van der Waals surface area contributed by atoms with Crippen molar-refractivity contribution in [3.63, 3.8) is 0 Å². The van der Waals surface area contributed by atoms with Crippen LogP contribution in [0.1, 0.15) is 5.56 Å². The summed E-state index contributed by atoms with van der Waals surface area (Å²) < 4.78 is 9.74. The Kier molecular flexibility index (Phi) is 6.27. The minimum absolute atomic E-state index is 0.282. The summed E-state index contributed by atoms with van der Waals surface area (Å²) in [4.78, 5) is 22.8. The number of aryl methyl sites for hydroxylation is 1. The first-order chi connectivity index (χ1) is 9.47. The fraction of sp³-hybridized carbons (Fsp3) is 0.385. The van der Waals surface area contributed by atoms with Gasteiger partial charge in [0.25, 0.3) is 5.91 Å². The second kappa shape index (κ2) is 7.72. The lowest BCUT2D eigenvalue weighted by Crippen LogP contribution is -2.45. The van der Waals surface area contributed by atoms with Gasteiger partial charge in [-0.3, -0.25) is 4.79 Å². The lowest BCUT2D eigenvalue weighted by atomic mass is 10.2. The number of nitrogens with one attached hydrogen (secondary N) is 1. The molecule has 0 fully saturated rings. The van der Waals surface area contributed by atoms with Crippen LogP contribution in [0, 0.1) is 6.92 Å². The number of carbonyl (C=O) groups is 2. The Morgan fingerprint density at radius 1 is 1.45 bits per heavy atom. The van der Waals surface area contributed by atoms with Gasteiger partial charge in [0, 0.05) is 5.02 Å². The zero-order valence-corrected chi connectivity index (χ0v) is 11.9. The molecule has 0 aliphatic carbocycles. The minimum Gasteiger partial charge on any atom is -0.484 e. The van der Waals surface area contributed by atoms with Crippen molar-refractivity contribution in [1.29, 1.82) is 0 Å². The molecule has 0 unspecified atom stereocenters. The van der Waals surface area contributed by atoms with Gasteiger partial charge in [-0.2, -0.15) is 0 Å². The van der Waals surface area contributed by atoms with Gasteiger partial charge in [0.05, 0.1) is 13.7 Å². The summed E-state index contributed by atoms with van der Waals surface area (Å²) in [5.74, 6) is -0.740. The van der Waals surface area contributed by atoms with Gasteiger partial charge in [0.2, 0.25) is 0 Å². The molecule has 0 spiro atoms. The monoisotopic (exact) mass is 301 g/mol. The summed E-state index contributed by atoms with van der Waals surface area (Å²) in [6.45, 7) is 0.971. The molecule has 1 amide bonds. The largest absolute Gasteiger partial charge is 0.484 e. The van der Waals surface area contributed by atoms with Crippen LogP contribution in [0.15, 0.2) is 18.2 Å². The average molecular weight is 302 g/mol. The number of rotatable bonds is 6. The van der Waals surface area contributed by atoms with Crippen LogP contribution in [0.5, 0.6) is 5.75 Å². The highest BCUT2D eigenvalue weighted by molar-refractivity contribution is 6.30. The second-order valence-electron chi connectivity index (χ2n) is 4.02. The molecule has 0 saturated heterocycles. The van der Waals surface area contributed by atoms with Gasteiger partial charge in [0.15, 0.2) is 12.6 Å². The fourth-order valence-corrected chi connectivity index (χ4v) is 1.70. The summed E-state index contributed by atoms with van der Waals surface area (Å²) >= 11 is 5.80. The van der Waals surface area contributed by atoms with Crippen LogP contribution in [0.2, 0.25) is 5.02 Å². The van der Waals surface area contributed by atoms with Crippen molar-refractivity contribution in [2.45, 2.75) is 13.0 Å². The number of aliphatic hydroxyl groups is 1. The van der Waals surface area contributed by atoms with Crippen LogP contribution in [0.4, 0.5) is 0 Å². The van der Waals surface area contributed by atoms with E-state index in [0.717, 1.165) is 5.56 Å². The van der Waals surface area contributed by atoms with Gasteiger partial charge in [-0.25, -0.2) is 4.79 Å². The predicted molar refractivity (Wildman–Crippen MR) is 72.7 cm³/mol. The third kappa shape index (κ3) is 4.71. The maximum absolute atomic E-state index is 11.6. The third-order valence-corrected chi connectivity index (χ3v) is 2.73. The van der Waals surface area contributed by atoms with Crippen molar-refractivity contribution in [2.75, 3.05) is 20.3 Å². The molecule has 20 heavy (non-hydrogen) atoms. The molecule has 1 atom stereocenters. The number of esters is 1.